The van der Waals surface area contributed by atoms with Crippen molar-refractivity contribution in [2.24, 2.45) is 0 Å². The summed E-state index contributed by atoms with van der Waals surface area (Å²) in [7, 11) is 2.09. The minimum absolute atomic E-state index is 0.0815. The third-order valence-corrected chi connectivity index (χ3v) is 7.86. The van der Waals surface area contributed by atoms with Crippen LogP contribution in [0.25, 0.3) is 6.08 Å². The van der Waals surface area contributed by atoms with Gasteiger partial charge in [0.25, 0.3) is 11.5 Å². The molecule has 0 unspecified atom stereocenters. The molecule has 1 aromatic rings. The minimum atomic E-state index is -0.253. The summed E-state index contributed by atoms with van der Waals surface area (Å²) >= 11 is 6.85. The summed E-state index contributed by atoms with van der Waals surface area (Å²) in [5.74, 6) is 0.728. The summed E-state index contributed by atoms with van der Waals surface area (Å²) in [4.78, 5) is 33.2. The first-order valence-electron chi connectivity index (χ1n) is 12.2. The molecule has 0 atom stereocenters. The zero-order valence-electron chi connectivity index (χ0n) is 20.7. The van der Waals surface area contributed by atoms with Crippen molar-refractivity contribution in [2.45, 2.75) is 59.4 Å². The highest BCUT2D eigenvalue weighted by Gasteiger charge is 2.33. The van der Waals surface area contributed by atoms with Crippen LogP contribution in [0.5, 0.6) is 0 Å². The largest absolute Gasteiger partial charge is 0.355 e. The number of hydrogen-bond donors (Lipinski definition) is 0. The molecule has 1 aromatic heterocycles. The number of hydrogen-bond acceptors (Lipinski definition) is 7. The maximum Gasteiger partial charge on any atom is 0.270 e. The van der Waals surface area contributed by atoms with E-state index in [0.29, 0.717) is 27.9 Å². The predicted octanol–water partition coefficient (Wildman–Crippen LogP) is 3.97. The van der Waals surface area contributed by atoms with Gasteiger partial charge in [-0.25, -0.2) is 0 Å². The fourth-order valence-electron chi connectivity index (χ4n) is 4.45. The van der Waals surface area contributed by atoms with Gasteiger partial charge in [0.1, 0.15) is 21.8 Å². The first-order chi connectivity index (χ1) is 16.3. The van der Waals surface area contributed by atoms with E-state index in [-0.39, 0.29) is 17.0 Å². The second-order valence-electron chi connectivity index (χ2n) is 8.99. The lowest BCUT2D eigenvalue weighted by atomic mass is 10.0. The molecule has 2 fully saturated rings. The lowest BCUT2D eigenvalue weighted by Gasteiger charge is -2.36. The molecule has 0 N–H and O–H groups in total. The van der Waals surface area contributed by atoms with Crippen LogP contribution < -0.4 is 10.5 Å². The van der Waals surface area contributed by atoms with Gasteiger partial charge in [0.05, 0.1) is 4.91 Å². The van der Waals surface area contributed by atoms with Crippen molar-refractivity contribution < 1.29 is 4.79 Å². The van der Waals surface area contributed by atoms with E-state index in [4.69, 9.17) is 12.2 Å². The highest BCUT2D eigenvalue weighted by atomic mass is 32.2. The third-order valence-electron chi connectivity index (χ3n) is 6.48. The van der Waals surface area contributed by atoms with E-state index in [1.807, 2.05) is 19.9 Å². The van der Waals surface area contributed by atoms with Gasteiger partial charge in [-0.15, -0.1) is 0 Å². The van der Waals surface area contributed by atoms with Crippen LogP contribution in [0.1, 0.15) is 62.6 Å². The van der Waals surface area contributed by atoms with Crippen molar-refractivity contribution >= 4 is 46.1 Å². The Morgan fingerprint density at radius 2 is 1.76 bits per heavy atom. The molecule has 184 valence electrons. The first kappa shape index (κ1) is 26.5. The van der Waals surface area contributed by atoms with Gasteiger partial charge in [0, 0.05) is 44.8 Å². The number of nitrogens with zero attached hydrogens (tertiary/aromatic N) is 5. The van der Waals surface area contributed by atoms with Crippen molar-refractivity contribution in [1.82, 2.24) is 14.4 Å². The van der Waals surface area contributed by atoms with Crippen molar-refractivity contribution in [3.63, 3.8) is 0 Å². The minimum Gasteiger partial charge on any atom is -0.355 e. The molecule has 7 nitrogen and oxygen atoms in total. The number of carbonyl (C=O) groups is 1. The summed E-state index contributed by atoms with van der Waals surface area (Å²) in [6.45, 7) is 10.5. The summed E-state index contributed by atoms with van der Waals surface area (Å²) < 4.78 is 2.31. The fourth-order valence-corrected chi connectivity index (χ4v) is 5.75. The molecular formula is C25H35N5O2S2. The van der Waals surface area contributed by atoms with Crippen LogP contribution in [-0.2, 0) is 11.3 Å². The van der Waals surface area contributed by atoms with Crippen LogP contribution in [0, 0.1) is 18.3 Å². The third kappa shape index (κ3) is 5.56. The van der Waals surface area contributed by atoms with E-state index < -0.39 is 0 Å². The Bertz CT molecular complexity index is 1060. The number of anilines is 1. The van der Waals surface area contributed by atoms with E-state index in [2.05, 4.69) is 29.8 Å². The molecule has 0 saturated carbocycles. The van der Waals surface area contributed by atoms with E-state index in [1.54, 1.807) is 9.47 Å². The van der Waals surface area contributed by atoms with Gasteiger partial charge in [-0.2, -0.15) is 5.26 Å². The SMILES string of the molecule is CCCCCCN1C(=O)/C(=C/c2c(C)c(C#N)c(=O)n(CCC)c2N2CCN(C)CC2)SC1=S. The number of amides is 1. The number of pyridine rings is 1. The van der Waals surface area contributed by atoms with Gasteiger partial charge in [-0.05, 0) is 38.5 Å². The average Bonchev–Trinajstić information content (AvgIpc) is 3.08. The van der Waals surface area contributed by atoms with Crippen molar-refractivity contribution in [3.8, 4) is 6.07 Å². The molecule has 0 radical (unpaired) electrons. The number of carbonyl (C=O) groups excluding carboxylic acids is 1. The molecule has 3 rings (SSSR count). The average molecular weight is 502 g/mol. The molecule has 0 aliphatic carbocycles. The number of aromatic nitrogens is 1. The zero-order valence-corrected chi connectivity index (χ0v) is 22.4. The lowest BCUT2D eigenvalue weighted by Crippen LogP contribution is -2.47. The maximum atomic E-state index is 13.3. The van der Waals surface area contributed by atoms with E-state index in [9.17, 15) is 14.9 Å². The number of unbranched alkanes of at least 4 members (excludes halogenated alkanes) is 3. The standard InChI is InChI=1S/C25H35N5O2S2/c1-5-7-8-9-11-30-24(32)21(34-25(30)33)16-19-18(3)20(17-26)23(31)29(10-6-2)22(19)28-14-12-27(4)13-15-28/h16H,5-15H2,1-4H3/b21-16-. The Kier molecular flexibility index (Phi) is 9.34. The summed E-state index contributed by atoms with van der Waals surface area (Å²) in [6.07, 6.45) is 6.93. The summed E-state index contributed by atoms with van der Waals surface area (Å²) in [5, 5.41) is 9.78. The Balaban J connectivity index is 2.08. The smallest absolute Gasteiger partial charge is 0.270 e. The number of thiocarbonyl (C=S) groups is 1. The molecular weight excluding hydrogens is 466 g/mol. The molecule has 9 heteroatoms. The Morgan fingerprint density at radius 3 is 2.38 bits per heavy atom. The number of likely N-dealkylation sites (N-methyl/N-ethyl adjacent to an activating group) is 1. The van der Waals surface area contributed by atoms with Crippen LogP contribution in [0.15, 0.2) is 9.70 Å². The van der Waals surface area contributed by atoms with Crippen molar-refractivity contribution in [1.29, 1.82) is 5.26 Å². The van der Waals surface area contributed by atoms with Crippen LogP contribution in [-0.4, -0.2) is 64.4 Å². The fraction of sp³-hybridized carbons (Fsp3) is 0.600. The van der Waals surface area contributed by atoms with E-state index in [0.717, 1.165) is 69.7 Å². The number of thioether (sulfide) groups is 1. The van der Waals surface area contributed by atoms with Gasteiger partial charge in [-0.1, -0.05) is 57.1 Å². The topological polar surface area (TPSA) is 72.6 Å². The van der Waals surface area contributed by atoms with E-state index in [1.165, 1.54) is 11.8 Å². The van der Waals surface area contributed by atoms with Crippen LogP contribution in [0.2, 0.25) is 0 Å². The van der Waals surface area contributed by atoms with Crippen LogP contribution in [0.3, 0.4) is 0 Å². The summed E-state index contributed by atoms with van der Waals surface area (Å²) in [6, 6.07) is 2.12. The molecule has 0 spiro atoms. The molecule has 1 amide bonds. The van der Waals surface area contributed by atoms with Crippen molar-refractivity contribution in [3.05, 3.63) is 31.9 Å². The predicted molar refractivity (Wildman–Crippen MR) is 144 cm³/mol. The number of piperazine rings is 1. The summed E-state index contributed by atoms with van der Waals surface area (Å²) in [5.41, 5.74) is 1.30. The Morgan fingerprint density at radius 1 is 1.06 bits per heavy atom. The van der Waals surface area contributed by atoms with Gasteiger partial charge < -0.3 is 9.80 Å². The molecule has 34 heavy (non-hydrogen) atoms. The monoisotopic (exact) mass is 501 g/mol. The number of nitriles is 1. The van der Waals surface area contributed by atoms with Gasteiger partial charge in [0.2, 0.25) is 0 Å². The van der Waals surface area contributed by atoms with Gasteiger partial charge in [-0.3, -0.25) is 19.1 Å². The molecule has 0 bridgehead atoms. The lowest BCUT2D eigenvalue weighted by molar-refractivity contribution is -0.122. The second-order valence-corrected chi connectivity index (χ2v) is 10.7. The molecule has 2 saturated heterocycles. The molecule has 2 aliphatic heterocycles. The maximum absolute atomic E-state index is 13.3. The molecule has 3 heterocycles. The van der Waals surface area contributed by atoms with Crippen molar-refractivity contribution in [2.75, 3.05) is 44.7 Å². The van der Waals surface area contributed by atoms with E-state index >= 15 is 0 Å². The quantitative estimate of drug-likeness (QED) is 0.288. The normalized spacial score (nSPS) is 18.3. The second kappa shape index (κ2) is 12.0. The van der Waals surface area contributed by atoms with Crippen LogP contribution in [0.4, 0.5) is 5.82 Å². The molecule has 0 aromatic carbocycles. The first-order valence-corrected chi connectivity index (χ1v) is 13.4. The van der Waals surface area contributed by atoms with Crippen LogP contribution >= 0.6 is 24.0 Å². The Labute approximate surface area is 212 Å². The molecule has 2 aliphatic rings. The number of rotatable bonds is 9. The van der Waals surface area contributed by atoms with Gasteiger partial charge in [0.15, 0.2) is 0 Å². The zero-order chi connectivity index (χ0) is 24.8. The highest BCUT2D eigenvalue weighted by molar-refractivity contribution is 8.26. The highest BCUT2D eigenvalue weighted by Crippen LogP contribution is 2.36. The Hall–Kier alpha value is -2.15. The van der Waals surface area contributed by atoms with Gasteiger partial charge >= 0.3 is 0 Å².